The van der Waals surface area contributed by atoms with Gasteiger partial charge < -0.3 is 10.2 Å². The Balaban J connectivity index is 1.14. The number of likely N-dealkylation sites (tertiary alicyclic amines) is 1. The topological polar surface area (TPSA) is 67.2 Å². The summed E-state index contributed by atoms with van der Waals surface area (Å²) in [4.78, 5) is 27.2. The van der Waals surface area contributed by atoms with Crippen LogP contribution in [0, 0.1) is 12.3 Å². The van der Waals surface area contributed by atoms with E-state index < -0.39 is 0 Å². The molecule has 2 amide bonds. The predicted molar refractivity (Wildman–Crippen MR) is 110 cm³/mol. The lowest BCUT2D eigenvalue weighted by Crippen LogP contribution is -2.53. The third-order valence-electron chi connectivity index (χ3n) is 7.23. The Kier molecular flexibility index (Phi) is 4.45. The van der Waals surface area contributed by atoms with E-state index in [0.717, 1.165) is 56.5 Å². The van der Waals surface area contributed by atoms with Gasteiger partial charge in [-0.15, -0.1) is 0 Å². The molecule has 152 valence electrons. The molecule has 29 heavy (non-hydrogen) atoms. The molecule has 5 rings (SSSR count). The van der Waals surface area contributed by atoms with E-state index >= 15 is 0 Å². The summed E-state index contributed by atoms with van der Waals surface area (Å²) >= 11 is 0. The average Bonchev–Trinajstić information content (AvgIpc) is 3.06. The molecule has 1 aromatic carbocycles. The zero-order valence-corrected chi connectivity index (χ0v) is 16.9. The number of carbonyl (C=O) groups excluding carboxylic acids is 2. The van der Waals surface area contributed by atoms with Gasteiger partial charge in [-0.3, -0.25) is 4.79 Å². The van der Waals surface area contributed by atoms with E-state index in [1.807, 2.05) is 17.9 Å². The lowest BCUT2D eigenvalue weighted by atomic mass is 9.70. The first-order chi connectivity index (χ1) is 14.0. The van der Waals surface area contributed by atoms with Crippen LogP contribution in [-0.4, -0.2) is 45.8 Å². The number of urea groups is 1. The first kappa shape index (κ1) is 18.4. The summed E-state index contributed by atoms with van der Waals surface area (Å²) in [5.41, 5.74) is 3.51. The molecule has 1 aliphatic carbocycles. The highest BCUT2D eigenvalue weighted by Crippen LogP contribution is 2.42. The number of rotatable bonds is 2. The summed E-state index contributed by atoms with van der Waals surface area (Å²) in [6.45, 7) is 3.47. The van der Waals surface area contributed by atoms with Gasteiger partial charge in [0.05, 0.1) is 11.9 Å². The standard InChI is InChI=1S/C23H28N4O2/c1-16-15-24-27-20(16)13-23(14-21(27)28)7-9-26(10-8-23)22(29)25-19-11-18(12-19)17-5-3-2-4-6-17/h2-6,15,18-19H,7-14H2,1H3,(H,25,29). The molecule has 1 N–H and O–H groups in total. The summed E-state index contributed by atoms with van der Waals surface area (Å²) in [7, 11) is 0. The van der Waals surface area contributed by atoms with E-state index in [9.17, 15) is 9.59 Å². The second-order valence-corrected chi connectivity index (χ2v) is 9.15. The van der Waals surface area contributed by atoms with Crippen molar-refractivity contribution >= 4 is 11.9 Å². The fraction of sp³-hybridized carbons (Fsp3) is 0.522. The van der Waals surface area contributed by atoms with E-state index in [1.54, 1.807) is 10.9 Å². The molecule has 1 saturated heterocycles. The number of piperidine rings is 1. The fourth-order valence-corrected chi connectivity index (χ4v) is 5.23. The van der Waals surface area contributed by atoms with Crippen molar-refractivity contribution in [1.29, 1.82) is 0 Å². The van der Waals surface area contributed by atoms with Crippen molar-refractivity contribution < 1.29 is 9.59 Å². The van der Waals surface area contributed by atoms with Crippen LogP contribution in [0.4, 0.5) is 4.79 Å². The van der Waals surface area contributed by atoms with Crippen LogP contribution >= 0.6 is 0 Å². The minimum atomic E-state index is -0.0104. The van der Waals surface area contributed by atoms with Crippen LogP contribution in [0.2, 0.25) is 0 Å². The van der Waals surface area contributed by atoms with Gasteiger partial charge in [-0.1, -0.05) is 30.3 Å². The largest absolute Gasteiger partial charge is 0.335 e. The van der Waals surface area contributed by atoms with Crippen molar-refractivity contribution in [3.63, 3.8) is 0 Å². The van der Waals surface area contributed by atoms with Gasteiger partial charge >= 0.3 is 6.03 Å². The van der Waals surface area contributed by atoms with E-state index in [2.05, 4.69) is 34.7 Å². The summed E-state index contributed by atoms with van der Waals surface area (Å²) in [5.74, 6) is 0.658. The first-order valence-electron chi connectivity index (χ1n) is 10.7. The molecule has 1 aromatic heterocycles. The lowest BCUT2D eigenvalue weighted by molar-refractivity contribution is 0.0601. The molecule has 2 fully saturated rings. The third kappa shape index (κ3) is 3.34. The fourth-order valence-electron chi connectivity index (χ4n) is 5.23. The number of nitrogens with zero attached hydrogens (tertiary/aromatic N) is 3. The molecule has 1 spiro atoms. The maximum Gasteiger partial charge on any atom is 0.317 e. The van der Waals surface area contributed by atoms with Gasteiger partial charge in [0.25, 0.3) is 0 Å². The quantitative estimate of drug-likeness (QED) is 0.850. The molecule has 6 heteroatoms. The van der Waals surface area contributed by atoms with E-state index in [1.165, 1.54) is 5.56 Å². The van der Waals surface area contributed by atoms with Crippen molar-refractivity contribution in [3.05, 3.63) is 53.3 Å². The molecular formula is C23H28N4O2. The average molecular weight is 393 g/mol. The highest BCUT2D eigenvalue weighted by Gasteiger charge is 2.43. The summed E-state index contributed by atoms with van der Waals surface area (Å²) in [6, 6.07) is 10.9. The number of amides is 2. The van der Waals surface area contributed by atoms with E-state index in [0.29, 0.717) is 12.3 Å². The monoisotopic (exact) mass is 392 g/mol. The second kappa shape index (κ2) is 7.01. The molecule has 2 aliphatic heterocycles. The van der Waals surface area contributed by atoms with Gasteiger partial charge in [-0.2, -0.15) is 5.10 Å². The predicted octanol–water partition coefficient (Wildman–Crippen LogP) is 3.52. The molecular weight excluding hydrogens is 364 g/mol. The summed E-state index contributed by atoms with van der Waals surface area (Å²) in [6.07, 6.45) is 7.02. The highest BCUT2D eigenvalue weighted by molar-refractivity contribution is 5.81. The first-order valence-corrected chi connectivity index (χ1v) is 10.7. The Hall–Kier alpha value is -2.63. The van der Waals surface area contributed by atoms with Gasteiger partial charge in [0.2, 0.25) is 5.91 Å². The Morgan fingerprint density at radius 1 is 1.14 bits per heavy atom. The second-order valence-electron chi connectivity index (χ2n) is 9.15. The van der Waals surface area contributed by atoms with Crippen molar-refractivity contribution in [2.45, 2.75) is 57.4 Å². The van der Waals surface area contributed by atoms with E-state index in [-0.39, 0.29) is 23.4 Å². The normalized spacial score (nSPS) is 25.4. The molecule has 0 bridgehead atoms. The third-order valence-corrected chi connectivity index (χ3v) is 7.23. The number of aryl methyl sites for hydroxylation is 1. The molecule has 0 unspecified atom stereocenters. The maximum atomic E-state index is 12.7. The van der Waals surface area contributed by atoms with Gasteiger partial charge in [0, 0.05) is 25.6 Å². The lowest BCUT2D eigenvalue weighted by Gasteiger charge is -2.44. The van der Waals surface area contributed by atoms with Crippen molar-refractivity contribution in [3.8, 4) is 0 Å². The summed E-state index contributed by atoms with van der Waals surface area (Å²) in [5, 5.41) is 7.44. The van der Waals surface area contributed by atoms with Crippen LogP contribution in [0.15, 0.2) is 36.5 Å². The Bertz CT molecular complexity index is 922. The molecule has 3 aliphatic rings. The van der Waals surface area contributed by atoms with Crippen LogP contribution in [0.1, 0.15) is 59.6 Å². The number of aromatic nitrogens is 2. The van der Waals surface area contributed by atoms with Crippen molar-refractivity contribution in [2.75, 3.05) is 13.1 Å². The molecule has 0 radical (unpaired) electrons. The Labute approximate surface area is 171 Å². The maximum absolute atomic E-state index is 12.7. The van der Waals surface area contributed by atoms with Crippen molar-refractivity contribution in [2.24, 2.45) is 5.41 Å². The summed E-state index contributed by atoms with van der Waals surface area (Å²) < 4.78 is 1.58. The molecule has 1 saturated carbocycles. The highest BCUT2D eigenvalue weighted by atomic mass is 16.2. The Morgan fingerprint density at radius 3 is 2.59 bits per heavy atom. The minimum absolute atomic E-state index is 0.0104. The number of nitrogens with one attached hydrogen (secondary N) is 1. The minimum Gasteiger partial charge on any atom is -0.335 e. The molecule has 0 atom stereocenters. The van der Waals surface area contributed by atoms with Crippen LogP contribution in [-0.2, 0) is 6.42 Å². The zero-order valence-electron chi connectivity index (χ0n) is 16.9. The molecule has 6 nitrogen and oxygen atoms in total. The van der Waals surface area contributed by atoms with Crippen molar-refractivity contribution in [1.82, 2.24) is 20.0 Å². The Morgan fingerprint density at radius 2 is 1.86 bits per heavy atom. The number of hydrogen-bond acceptors (Lipinski definition) is 3. The van der Waals surface area contributed by atoms with E-state index in [4.69, 9.17) is 0 Å². The zero-order chi connectivity index (χ0) is 20.0. The van der Waals surface area contributed by atoms with Crippen LogP contribution in [0.25, 0.3) is 0 Å². The van der Waals surface area contributed by atoms with Gasteiger partial charge in [0.15, 0.2) is 0 Å². The van der Waals surface area contributed by atoms with Crippen LogP contribution in [0.5, 0.6) is 0 Å². The van der Waals surface area contributed by atoms with Gasteiger partial charge in [0.1, 0.15) is 0 Å². The van der Waals surface area contributed by atoms with Crippen LogP contribution < -0.4 is 5.32 Å². The number of hydrogen-bond donors (Lipinski definition) is 1. The number of fused-ring (bicyclic) bond motifs is 1. The van der Waals surface area contributed by atoms with Gasteiger partial charge in [-0.05, 0) is 61.5 Å². The van der Waals surface area contributed by atoms with Crippen LogP contribution in [0.3, 0.4) is 0 Å². The molecule has 2 aromatic rings. The smallest absolute Gasteiger partial charge is 0.317 e. The number of benzene rings is 1. The number of carbonyl (C=O) groups is 2. The van der Waals surface area contributed by atoms with Gasteiger partial charge in [-0.25, -0.2) is 9.48 Å². The SMILES string of the molecule is Cc1cnn2c1CC1(CCN(C(=O)NC3CC(c4ccccc4)C3)CC1)CC2=O. The molecule has 3 heterocycles.